The van der Waals surface area contributed by atoms with Crippen LogP contribution < -0.4 is 21.1 Å². The van der Waals surface area contributed by atoms with Gasteiger partial charge in [-0.3, -0.25) is 24.0 Å². The van der Waals surface area contributed by atoms with Crippen LogP contribution >= 0.6 is 0 Å². The highest BCUT2D eigenvalue weighted by Gasteiger charge is 2.40. The lowest BCUT2D eigenvalue weighted by atomic mass is 9.91. The van der Waals surface area contributed by atoms with Crippen molar-refractivity contribution in [2.75, 3.05) is 12.8 Å². The fourth-order valence-electron chi connectivity index (χ4n) is 4.64. The van der Waals surface area contributed by atoms with Gasteiger partial charge in [-0.05, 0) is 44.4 Å². The first-order valence-corrected chi connectivity index (χ1v) is 15.5. The Kier molecular flexibility index (Phi) is 11.5. The van der Waals surface area contributed by atoms with Crippen molar-refractivity contribution in [1.82, 2.24) is 20.9 Å². The number of sulfonamides is 1. The zero-order valence-electron chi connectivity index (χ0n) is 23.7. The first-order valence-electron chi connectivity index (χ1n) is 13.8. The predicted molar refractivity (Wildman–Crippen MR) is 146 cm³/mol. The average Bonchev–Trinajstić information content (AvgIpc) is 3.49. The summed E-state index contributed by atoms with van der Waals surface area (Å²) >= 11 is 0. The first kappa shape index (κ1) is 32.7. The molecule has 0 radical (unpaired) electrons. The van der Waals surface area contributed by atoms with Crippen LogP contribution in [-0.4, -0.2) is 79.7 Å². The third kappa shape index (κ3) is 10.2. The summed E-state index contributed by atoms with van der Waals surface area (Å²) in [5.41, 5.74) is -0.714. The molecule has 2 aliphatic carbocycles. The summed E-state index contributed by atoms with van der Waals surface area (Å²) in [5, 5.41) is 13.1. The maximum absolute atomic E-state index is 13.7. The van der Waals surface area contributed by atoms with Crippen molar-refractivity contribution in [3.05, 3.63) is 0 Å². The Hall–Kier alpha value is -2.54. The second-order valence-corrected chi connectivity index (χ2v) is 13.6. The van der Waals surface area contributed by atoms with Crippen molar-refractivity contribution in [1.29, 1.82) is 0 Å². The van der Waals surface area contributed by atoms with Gasteiger partial charge < -0.3 is 20.9 Å². The van der Waals surface area contributed by atoms with E-state index >= 15 is 0 Å². The van der Waals surface area contributed by atoms with Crippen molar-refractivity contribution in [3.63, 3.8) is 0 Å². The summed E-state index contributed by atoms with van der Waals surface area (Å²) in [6, 6.07) is -3.35. The number of Topliss-reactive ketones (excluding diaryl/α,β-unsaturated/α-hetero) is 1. The second kappa shape index (κ2) is 13.7. The van der Waals surface area contributed by atoms with Gasteiger partial charge in [0.2, 0.25) is 33.5 Å². The topological polar surface area (TPSA) is 185 Å². The summed E-state index contributed by atoms with van der Waals surface area (Å²) in [4.78, 5) is 66.5. The van der Waals surface area contributed by atoms with Crippen LogP contribution in [0.25, 0.3) is 0 Å². The number of likely N-dealkylation sites (N-methyl/N-ethyl adjacent to an activating group) is 1. The van der Waals surface area contributed by atoms with Gasteiger partial charge in [-0.25, -0.2) is 13.6 Å². The summed E-state index contributed by atoms with van der Waals surface area (Å²) in [6.45, 7) is 7.11. The minimum Gasteiger partial charge on any atom is -0.347 e. The van der Waals surface area contributed by atoms with Crippen LogP contribution in [0.15, 0.2) is 0 Å². The van der Waals surface area contributed by atoms with E-state index in [2.05, 4.69) is 16.0 Å². The minimum absolute atomic E-state index is 0.0632. The highest BCUT2D eigenvalue weighted by Crippen LogP contribution is 2.30. The SMILES string of the molecule is CCC[C@@H](C(=O)N[C@@H](CCS(N)(=O)=O)C(=O)C(=O)NC1CC1)N(C)C(=O)[C@H](NC(=O)C(C)(C)C)C1CCCC1. The molecule has 0 heterocycles. The van der Waals surface area contributed by atoms with Gasteiger partial charge in [-0.2, -0.15) is 0 Å². The number of carbonyl (C=O) groups excluding carboxylic acids is 5. The highest BCUT2D eigenvalue weighted by molar-refractivity contribution is 7.89. The van der Waals surface area contributed by atoms with Crippen molar-refractivity contribution in [3.8, 4) is 0 Å². The van der Waals surface area contributed by atoms with Crippen molar-refractivity contribution in [2.45, 2.75) is 110 Å². The van der Waals surface area contributed by atoms with Crippen LogP contribution in [0.1, 0.15) is 85.5 Å². The minimum atomic E-state index is -3.97. The van der Waals surface area contributed by atoms with E-state index in [1.807, 2.05) is 6.92 Å². The van der Waals surface area contributed by atoms with Gasteiger partial charge in [0.05, 0.1) is 11.8 Å². The Morgan fingerprint density at radius 3 is 2.05 bits per heavy atom. The highest BCUT2D eigenvalue weighted by atomic mass is 32.2. The van der Waals surface area contributed by atoms with Gasteiger partial charge in [0.1, 0.15) is 12.1 Å². The van der Waals surface area contributed by atoms with E-state index in [1.165, 1.54) is 11.9 Å². The molecule has 2 saturated carbocycles. The van der Waals surface area contributed by atoms with E-state index in [0.717, 1.165) is 38.5 Å². The number of carbonyl (C=O) groups is 5. The molecule has 0 aromatic heterocycles. The largest absolute Gasteiger partial charge is 0.347 e. The van der Waals surface area contributed by atoms with Gasteiger partial charge in [-0.1, -0.05) is 47.0 Å². The Bertz CT molecular complexity index is 1030. The molecular formula is C26H45N5O7S. The monoisotopic (exact) mass is 571 g/mol. The molecule has 0 bridgehead atoms. The fourth-order valence-corrected chi connectivity index (χ4v) is 5.20. The predicted octanol–water partition coefficient (Wildman–Crippen LogP) is 0.346. The van der Waals surface area contributed by atoms with E-state index in [9.17, 15) is 32.4 Å². The molecule has 12 nitrogen and oxygen atoms in total. The number of amides is 4. The molecule has 2 rings (SSSR count). The van der Waals surface area contributed by atoms with Crippen LogP contribution in [0.3, 0.4) is 0 Å². The zero-order chi connectivity index (χ0) is 29.5. The standard InChI is InChI=1S/C26H45N5O7S/c1-6-9-19(31(5)24(35)20(16-10-7-8-11-16)30-25(36)26(2,3)4)22(33)29-18(14-15-39(27,37)38)21(32)23(34)28-17-12-13-17/h16-20H,6-15H2,1-5H3,(H,28,34)(H,29,33)(H,30,36)(H2,27,37,38)/t18-,19-,20+/m0/s1. The third-order valence-corrected chi connectivity index (χ3v) is 8.05. The van der Waals surface area contributed by atoms with Crippen LogP contribution in [0, 0.1) is 11.3 Å². The molecule has 2 aliphatic rings. The number of primary sulfonamides is 1. The molecular weight excluding hydrogens is 526 g/mol. The van der Waals surface area contributed by atoms with Gasteiger partial charge >= 0.3 is 0 Å². The van der Waals surface area contributed by atoms with E-state index in [4.69, 9.17) is 5.14 Å². The van der Waals surface area contributed by atoms with E-state index in [0.29, 0.717) is 6.42 Å². The molecule has 0 unspecified atom stereocenters. The number of hydrogen-bond donors (Lipinski definition) is 4. The molecule has 0 aromatic carbocycles. The van der Waals surface area contributed by atoms with Crippen LogP contribution in [-0.2, 0) is 34.0 Å². The van der Waals surface area contributed by atoms with Crippen LogP contribution in [0.2, 0.25) is 0 Å². The van der Waals surface area contributed by atoms with Crippen molar-refractivity contribution in [2.24, 2.45) is 16.5 Å². The van der Waals surface area contributed by atoms with Crippen molar-refractivity contribution >= 4 is 39.4 Å². The molecule has 0 saturated heterocycles. The molecule has 0 spiro atoms. The third-order valence-electron chi connectivity index (χ3n) is 7.25. The molecule has 2 fully saturated rings. The van der Waals surface area contributed by atoms with Crippen LogP contribution in [0.4, 0.5) is 0 Å². The lowest BCUT2D eigenvalue weighted by molar-refractivity contribution is -0.145. The lowest BCUT2D eigenvalue weighted by Crippen LogP contribution is -2.59. The normalized spacial score (nSPS) is 18.5. The van der Waals surface area contributed by atoms with Gasteiger partial charge in [-0.15, -0.1) is 0 Å². The molecule has 3 atom stereocenters. The molecule has 4 amide bonds. The molecule has 39 heavy (non-hydrogen) atoms. The van der Waals surface area contributed by atoms with Crippen LogP contribution in [0.5, 0.6) is 0 Å². The second-order valence-electron chi connectivity index (χ2n) is 11.8. The zero-order valence-corrected chi connectivity index (χ0v) is 24.6. The summed E-state index contributed by atoms with van der Waals surface area (Å²) in [7, 11) is -2.49. The van der Waals surface area contributed by atoms with E-state index < -0.39 is 62.8 Å². The fraction of sp³-hybridized carbons (Fsp3) is 0.808. The van der Waals surface area contributed by atoms with Crippen molar-refractivity contribution < 1.29 is 32.4 Å². The molecule has 0 aromatic rings. The van der Waals surface area contributed by atoms with Gasteiger partial charge in [0.25, 0.3) is 5.91 Å². The number of nitrogens with two attached hydrogens (primary N) is 1. The smallest absolute Gasteiger partial charge is 0.289 e. The maximum Gasteiger partial charge on any atom is 0.289 e. The summed E-state index contributed by atoms with van der Waals surface area (Å²) in [6.07, 6.45) is 5.32. The Labute approximate surface area is 231 Å². The maximum atomic E-state index is 13.7. The van der Waals surface area contributed by atoms with E-state index in [1.54, 1.807) is 20.8 Å². The molecule has 13 heteroatoms. The number of ketones is 1. The Balaban J connectivity index is 2.25. The summed E-state index contributed by atoms with van der Waals surface area (Å²) < 4.78 is 23.1. The first-order chi connectivity index (χ1) is 18.0. The summed E-state index contributed by atoms with van der Waals surface area (Å²) in [5.74, 6) is -3.92. The van der Waals surface area contributed by atoms with E-state index in [-0.39, 0.29) is 30.7 Å². The Morgan fingerprint density at radius 2 is 1.56 bits per heavy atom. The molecule has 222 valence electrons. The number of nitrogens with zero attached hydrogens (tertiary/aromatic N) is 1. The van der Waals surface area contributed by atoms with Gasteiger partial charge in [0, 0.05) is 18.5 Å². The molecule has 5 N–H and O–H groups in total. The number of rotatable bonds is 14. The Morgan fingerprint density at radius 1 is 0.974 bits per heavy atom. The number of hydrogen-bond acceptors (Lipinski definition) is 7. The quantitative estimate of drug-likeness (QED) is 0.217. The van der Waals surface area contributed by atoms with Gasteiger partial charge in [0.15, 0.2) is 0 Å². The lowest BCUT2D eigenvalue weighted by Gasteiger charge is -2.34. The molecule has 0 aliphatic heterocycles. The number of nitrogens with one attached hydrogen (secondary N) is 3. The average molecular weight is 572 g/mol.